The first-order chi connectivity index (χ1) is 17.0. The average molecular weight is 552 g/mol. The van der Waals surface area contributed by atoms with Gasteiger partial charge in [-0.3, -0.25) is 9.59 Å². The van der Waals surface area contributed by atoms with Gasteiger partial charge in [-0.1, -0.05) is 11.3 Å². The van der Waals surface area contributed by atoms with Gasteiger partial charge in [-0.05, 0) is 62.2 Å². The number of sulfone groups is 1. The lowest BCUT2D eigenvalue weighted by Gasteiger charge is -2.15. The van der Waals surface area contributed by atoms with Crippen LogP contribution < -0.4 is 4.80 Å². The summed E-state index contributed by atoms with van der Waals surface area (Å²) in [7, 11) is -7.07. The van der Waals surface area contributed by atoms with E-state index in [1.165, 1.54) is 45.3 Å². The maximum atomic E-state index is 13.0. The minimum Gasteiger partial charge on any atom is -0.465 e. The van der Waals surface area contributed by atoms with Gasteiger partial charge >= 0.3 is 5.97 Å². The molecule has 1 aliphatic rings. The average Bonchev–Trinajstić information content (AvgIpc) is 3.48. The summed E-state index contributed by atoms with van der Waals surface area (Å²) in [5.41, 5.74) is 0.700. The van der Waals surface area contributed by atoms with Crippen LogP contribution in [0, 0.1) is 0 Å². The van der Waals surface area contributed by atoms with Crippen LogP contribution in [0.2, 0.25) is 0 Å². The number of nitrogens with zero attached hydrogens (tertiary/aromatic N) is 3. The Kier molecular flexibility index (Phi) is 7.46. The molecule has 2 aromatic carbocycles. The van der Waals surface area contributed by atoms with Crippen LogP contribution in [0.4, 0.5) is 0 Å². The number of aromatic nitrogens is 1. The summed E-state index contributed by atoms with van der Waals surface area (Å²) in [5.74, 6) is -1.16. The molecule has 10 nitrogen and oxygen atoms in total. The smallest absolute Gasteiger partial charge is 0.326 e. The number of benzene rings is 2. The van der Waals surface area contributed by atoms with Gasteiger partial charge in [0.1, 0.15) is 6.54 Å². The first kappa shape index (κ1) is 26.2. The molecule has 0 radical (unpaired) electrons. The molecule has 0 saturated carbocycles. The minimum absolute atomic E-state index is 0.104. The zero-order valence-electron chi connectivity index (χ0n) is 19.7. The second kappa shape index (κ2) is 10.2. The Morgan fingerprint density at radius 3 is 2.25 bits per heavy atom. The number of hydrogen-bond donors (Lipinski definition) is 0. The highest BCUT2D eigenvalue weighted by atomic mass is 32.2. The maximum absolute atomic E-state index is 13.0. The van der Waals surface area contributed by atoms with E-state index >= 15 is 0 Å². The first-order valence-corrected chi connectivity index (χ1v) is 15.3. The van der Waals surface area contributed by atoms with E-state index in [4.69, 9.17) is 4.74 Å². The van der Waals surface area contributed by atoms with Crippen LogP contribution in [-0.2, 0) is 35.9 Å². The summed E-state index contributed by atoms with van der Waals surface area (Å²) in [6.07, 6.45) is 2.74. The molecule has 36 heavy (non-hydrogen) atoms. The highest BCUT2D eigenvalue weighted by molar-refractivity contribution is 7.90. The van der Waals surface area contributed by atoms with Gasteiger partial charge in [-0.25, -0.2) is 16.8 Å². The van der Waals surface area contributed by atoms with Crippen molar-refractivity contribution in [2.45, 2.75) is 36.1 Å². The monoisotopic (exact) mass is 551 g/mol. The Morgan fingerprint density at radius 2 is 1.64 bits per heavy atom. The van der Waals surface area contributed by atoms with E-state index in [2.05, 4.69) is 4.99 Å². The van der Waals surface area contributed by atoms with Crippen LogP contribution >= 0.6 is 11.3 Å². The fraction of sp³-hybridized carbons (Fsp3) is 0.348. The Labute approximate surface area is 212 Å². The van der Waals surface area contributed by atoms with Crippen molar-refractivity contribution in [3.63, 3.8) is 0 Å². The zero-order chi connectivity index (χ0) is 26.1. The third-order valence-electron chi connectivity index (χ3n) is 5.68. The van der Waals surface area contributed by atoms with Gasteiger partial charge in [0, 0.05) is 24.9 Å². The number of fused-ring (bicyclic) bond motifs is 1. The number of carbonyl (C=O) groups is 2. The van der Waals surface area contributed by atoms with Crippen molar-refractivity contribution in [1.29, 1.82) is 0 Å². The normalized spacial score (nSPS) is 15.4. The SMILES string of the molecule is CCOC(=O)Cn1c(=NC(=O)c2ccc(S(=O)(=O)N3CCCC3)cc2)sc2cc(S(C)(=O)=O)ccc21. The third-order valence-corrected chi connectivity index (χ3v) is 9.74. The van der Waals surface area contributed by atoms with Crippen LogP contribution in [0.5, 0.6) is 0 Å². The Balaban J connectivity index is 1.72. The van der Waals surface area contributed by atoms with Crippen molar-refractivity contribution in [1.82, 2.24) is 8.87 Å². The molecule has 192 valence electrons. The van der Waals surface area contributed by atoms with E-state index in [0.717, 1.165) is 30.4 Å². The molecule has 0 atom stereocenters. The fourth-order valence-corrected chi connectivity index (χ4v) is 7.16. The number of carbonyl (C=O) groups excluding carboxylic acids is 2. The number of amides is 1. The molecular formula is C23H25N3O7S3. The molecule has 0 aliphatic carbocycles. The minimum atomic E-state index is -3.61. The van der Waals surface area contributed by atoms with E-state index in [0.29, 0.717) is 23.3 Å². The Hall–Kier alpha value is -2.87. The summed E-state index contributed by atoms with van der Waals surface area (Å²) < 4.78 is 57.9. The van der Waals surface area contributed by atoms with E-state index in [1.807, 2.05) is 0 Å². The molecule has 13 heteroatoms. The molecule has 4 rings (SSSR count). The van der Waals surface area contributed by atoms with E-state index in [9.17, 15) is 26.4 Å². The summed E-state index contributed by atoms with van der Waals surface area (Å²) in [4.78, 5) is 29.7. The topological polar surface area (TPSA) is 132 Å². The molecule has 2 heterocycles. The number of ether oxygens (including phenoxy) is 1. The number of sulfonamides is 1. The number of thiazole rings is 1. The summed E-state index contributed by atoms with van der Waals surface area (Å²) in [6, 6.07) is 10.0. The van der Waals surface area contributed by atoms with E-state index in [-0.39, 0.29) is 33.3 Å². The summed E-state index contributed by atoms with van der Waals surface area (Å²) >= 11 is 1.06. The molecule has 1 fully saturated rings. The second-order valence-corrected chi connectivity index (χ2v) is 13.2. The van der Waals surface area contributed by atoms with Crippen LogP contribution in [0.25, 0.3) is 10.2 Å². The van der Waals surface area contributed by atoms with Crippen molar-refractivity contribution >= 4 is 53.3 Å². The lowest BCUT2D eigenvalue weighted by molar-refractivity contribution is -0.143. The Morgan fingerprint density at radius 1 is 1.00 bits per heavy atom. The van der Waals surface area contributed by atoms with Crippen LogP contribution in [0.3, 0.4) is 0 Å². The zero-order valence-corrected chi connectivity index (χ0v) is 22.2. The predicted molar refractivity (Wildman–Crippen MR) is 134 cm³/mol. The van der Waals surface area contributed by atoms with Gasteiger partial charge in [0.15, 0.2) is 14.6 Å². The molecule has 1 saturated heterocycles. The predicted octanol–water partition coefficient (Wildman–Crippen LogP) is 2.20. The molecular weight excluding hydrogens is 526 g/mol. The fourth-order valence-electron chi connectivity index (χ4n) is 3.86. The number of rotatable bonds is 7. The van der Waals surface area contributed by atoms with Gasteiger partial charge in [0.05, 0.1) is 26.6 Å². The molecule has 1 aromatic heterocycles. The maximum Gasteiger partial charge on any atom is 0.326 e. The highest BCUT2D eigenvalue weighted by Gasteiger charge is 2.27. The lowest BCUT2D eigenvalue weighted by atomic mass is 10.2. The molecule has 3 aromatic rings. The third kappa shape index (κ3) is 5.43. The standard InChI is InChI=1S/C23H25N3O7S3/c1-3-33-21(27)15-26-19-11-10-18(35(2,29)30)14-20(19)34-23(26)24-22(28)16-6-8-17(9-7-16)36(31,32)25-12-4-5-13-25/h6-11,14H,3-5,12-13,15H2,1-2H3. The van der Waals surface area contributed by atoms with Gasteiger partial charge in [-0.15, -0.1) is 0 Å². The number of esters is 1. The molecule has 1 aliphatic heterocycles. The first-order valence-electron chi connectivity index (χ1n) is 11.2. The number of hydrogen-bond acceptors (Lipinski definition) is 8. The Bertz CT molecular complexity index is 1600. The van der Waals surface area contributed by atoms with Crippen LogP contribution in [-0.4, -0.2) is 63.5 Å². The molecule has 0 N–H and O–H groups in total. The van der Waals surface area contributed by atoms with Gasteiger partial charge in [-0.2, -0.15) is 9.30 Å². The van der Waals surface area contributed by atoms with Crippen molar-refractivity contribution < 1.29 is 31.2 Å². The molecule has 0 spiro atoms. The van der Waals surface area contributed by atoms with Crippen molar-refractivity contribution in [2.24, 2.45) is 4.99 Å². The van der Waals surface area contributed by atoms with Crippen molar-refractivity contribution in [2.75, 3.05) is 26.0 Å². The highest BCUT2D eigenvalue weighted by Crippen LogP contribution is 2.23. The lowest BCUT2D eigenvalue weighted by Crippen LogP contribution is -2.27. The summed E-state index contributed by atoms with van der Waals surface area (Å²) in [6.45, 7) is 2.59. The second-order valence-electron chi connectivity index (χ2n) is 8.23. The molecule has 0 bridgehead atoms. The largest absolute Gasteiger partial charge is 0.465 e. The van der Waals surface area contributed by atoms with Crippen LogP contribution in [0.15, 0.2) is 57.2 Å². The van der Waals surface area contributed by atoms with Crippen LogP contribution in [0.1, 0.15) is 30.1 Å². The molecule has 0 unspecified atom stereocenters. The van der Waals surface area contributed by atoms with Crippen molar-refractivity contribution in [3.05, 3.63) is 52.8 Å². The van der Waals surface area contributed by atoms with Crippen molar-refractivity contribution in [3.8, 4) is 0 Å². The van der Waals surface area contributed by atoms with E-state index in [1.54, 1.807) is 13.0 Å². The quantitative estimate of drug-likeness (QED) is 0.411. The van der Waals surface area contributed by atoms with Gasteiger partial charge in [0.2, 0.25) is 10.0 Å². The van der Waals surface area contributed by atoms with E-state index < -0.39 is 31.7 Å². The van der Waals surface area contributed by atoms with Gasteiger partial charge in [0.25, 0.3) is 5.91 Å². The molecule has 1 amide bonds. The van der Waals surface area contributed by atoms with Gasteiger partial charge < -0.3 is 9.30 Å². The summed E-state index contributed by atoms with van der Waals surface area (Å²) in [5, 5.41) is 0.